The molecule has 3 unspecified atom stereocenters. The van der Waals surface area contributed by atoms with Crippen molar-refractivity contribution in [2.45, 2.75) is 40.2 Å². The molecule has 1 aliphatic heterocycles. The molecular formula is C23H30N2O. The van der Waals surface area contributed by atoms with Crippen LogP contribution in [0.5, 0.6) is 0 Å². The molecule has 2 aromatic carbocycles. The molecule has 1 aliphatic rings. The monoisotopic (exact) mass is 350 g/mol. The van der Waals surface area contributed by atoms with Crippen molar-refractivity contribution in [1.82, 2.24) is 4.90 Å². The van der Waals surface area contributed by atoms with Crippen LogP contribution < -0.4 is 5.32 Å². The van der Waals surface area contributed by atoms with Gasteiger partial charge in [-0.25, -0.2) is 0 Å². The van der Waals surface area contributed by atoms with Crippen LogP contribution in [0, 0.1) is 25.7 Å². The summed E-state index contributed by atoms with van der Waals surface area (Å²) in [5.41, 5.74) is 4.21. The van der Waals surface area contributed by atoms with Crippen molar-refractivity contribution in [3.8, 4) is 0 Å². The van der Waals surface area contributed by atoms with Crippen LogP contribution >= 0.6 is 0 Å². The lowest BCUT2D eigenvalue weighted by Crippen LogP contribution is -2.45. The van der Waals surface area contributed by atoms with Gasteiger partial charge in [0.2, 0.25) is 5.91 Å². The molecule has 1 heterocycles. The lowest BCUT2D eigenvalue weighted by molar-refractivity contribution is -0.122. The topological polar surface area (TPSA) is 32.3 Å². The number of rotatable bonds is 4. The molecule has 3 rings (SSSR count). The highest BCUT2D eigenvalue weighted by Crippen LogP contribution is 2.31. The van der Waals surface area contributed by atoms with E-state index < -0.39 is 0 Å². The van der Waals surface area contributed by atoms with E-state index in [4.69, 9.17) is 0 Å². The van der Waals surface area contributed by atoms with E-state index in [2.05, 4.69) is 36.2 Å². The number of aryl methyl sites for hydroxylation is 2. The van der Waals surface area contributed by atoms with E-state index in [1.54, 1.807) is 0 Å². The number of anilines is 1. The maximum absolute atomic E-state index is 13.4. The van der Waals surface area contributed by atoms with Gasteiger partial charge in [-0.05, 0) is 48.8 Å². The minimum Gasteiger partial charge on any atom is -0.324 e. The van der Waals surface area contributed by atoms with E-state index in [9.17, 15) is 4.79 Å². The Balaban J connectivity index is 1.91. The van der Waals surface area contributed by atoms with Crippen molar-refractivity contribution in [1.29, 1.82) is 0 Å². The number of benzene rings is 2. The number of piperidine rings is 1. The van der Waals surface area contributed by atoms with E-state index >= 15 is 0 Å². The first-order valence-electron chi connectivity index (χ1n) is 9.61. The Morgan fingerprint density at radius 3 is 2.12 bits per heavy atom. The van der Waals surface area contributed by atoms with Crippen LogP contribution in [0.4, 0.5) is 5.69 Å². The Morgan fingerprint density at radius 1 is 0.962 bits per heavy atom. The van der Waals surface area contributed by atoms with E-state index in [-0.39, 0.29) is 11.9 Å². The van der Waals surface area contributed by atoms with Gasteiger partial charge in [0.15, 0.2) is 0 Å². The largest absolute Gasteiger partial charge is 0.324 e. The third-order valence-corrected chi connectivity index (χ3v) is 5.36. The molecule has 1 saturated heterocycles. The van der Waals surface area contributed by atoms with Gasteiger partial charge in [-0.15, -0.1) is 0 Å². The number of likely N-dealkylation sites (tertiary alicyclic amines) is 1. The molecule has 3 nitrogen and oxygen atoms in total. The second-order valence-electron chi connectivity index (χ2n) is 7.97. The Kier molecular flexibility index (Phi) is 5.77. The summed E-state index contributed by atoms with van der Waals surface area (Å²) in [5, 5.41) is 3.22. The van der Waals surface area contributed by atoms with E-state index in [0.717, 1.165) is 35.5 Å². The van der Waals surface area contributed by atoms with Gasteiger partial charge in [-0.1, -0.05) is 62.4 Å². The molecule has 3 heteroatoms. The molecular weight excluding hydrogens is 320 g/mol. The zero-order chi connectivity index (χ0) is 18.7. The Morgan fingerprint density at radius 2 is 1.54 bits per heavy atom. The maximum atomic E-state index is 13.4. The fourth-order valence-electron chi connectivity index (χ4n) is 4.29. The first-order valence-corrected chi connectivity index (χ1v) is 9.61. The Labute approximate surface area is 157 Å². The summed E-state index contributed by atoms with van der Waals surface area (Å²) in [4.78, 5) is 15.7. The summed E-state index contributed by atoms with van der Waals surface area (Å²) in [6, 6.07) is 16.1. The summed E-state index contributed by atoms with van der Waals surface area (Å²) in [6.07, 6.45) is 1.23. The standard InChI is InChI=1S/C23H30N2O/c1-16-13-17(2)15-25(14-16)22(20-11-6-5-7-12-20)23(26)24-21-18(3)9-8-10-19(21)4/h5-12,16-17,22H,13-15H2,1-4H3,(H,24,26). The molecule has 138 valence electrons. The number of nitrogens with zero attached hydrogens (tertiary/aromatic N) is 1. The van der Waals surface area contributed by atoms with E-state index in [1.807, 2.05) is 50.2 Å². The van der Waals surface area contributed by atoms with Crippen molar-refractivity contribution in [2.75, 3.05) is 18.4 Å². The van der Waals surface area contributed by atoms with Crippen LogP contribution in [0.15, 0.2) is 48.5 Å². The second kappa shape index (κ2) is 8.05. The first-order chi connectivity index (χ1) is 12.5. The molecule has 0 bridgehead atoms. The van der Waals surface area contributed by atoms with Gasteiger partial charge in [-0.3, -0.25) is 9.69 Å². The van der Waals surface area contributed by atoms with E-state index in [0.29, 0.717) is 11.8 Å². The van der Waals surface area contributed by atoms with Gasteiger partial charge in [0, 0.05) is 18.8 Å². The molecule has 2 aromatic rings. The molecule has 0 radical (unpaired) electrons. The molecule has 3 atom stereocenters. The zero-order valence-electron chi connectivity index (χ0n) is 16.3. The molecule has 0 aliphatic carbocycles. The molecule has 1 fully saturated rings. The Hall–Kier alpha value is -2.13. The van der Waals surface area contributed by atoms with Crippen molar-refractivity contribution < 1.29 is 4.79 Å². The van der Waals surface area contributed by atoms with Crippen molar-refractivity contribution in [2.24, 2.45) is 11.8 Å². The number of nitrogens with one attached hydrogen (secondary N) is 1. The van der Waals surface area contributed by atoms with Gasteiger partial charge >= 0.3 is 0 Å². The average molecular weight is 351 g/mol. The van der Waals surface area contributed by atoms with Crippen LogP contribution in [-0.4, -0.2) is 23.9 Å². The minimum atomic E-state index is -0.250. The summed E-state index contributed by atoms with van der Waals surface area (Å²) in [6.45, 7) is 10.6. The normalized spacial score (nSPS) is 22.0. The number of carbonyl (C=O) groups excluding carboxylic acids is 1. The predicted octanol–water partition coefficient (Wildman–Crippen LogP) is 4.96. The van der Waals surface area contributed by atoms with Crippen molar-refractivity contribution in [3.63, 3.8) is 0 Å². The maximum Gasteiger partial charge on any atom is 0.246 e. The SMILES string of the molecule is Cc1cccc(C)c1NC(=O)C(c1ccccc1)N1CC(C)CC(C)C1. The van der Waals surface area contributed by atoms with Gasteiger partial charge in [-0.2, -0.15) is 0 Å². The predicted molar refractivity (Wildman–Crippen MR) is 108 cm³/mol. The average Bonchev–Trinajstić information content (AvgIpc) is 2.59. The number of hydrogen-bond donors (Lipinski definition) is 1. The number of amides is 1. The van der Waals surface area contributed by atoms with Crippen LogP contribution in [0.1, 0.15) is 43.0 Å². The molecule has 0 saturated carbocycles. The molecule has 26 heavy (non-hydrogen) atoms. The number of hydrogen-bond acceptors (Lipinski definition) is 2. The highest BCUT2D eigenvalue weighted by molar-refractivity contribution is 5.96. The molecule has 0 aromatic heterocycles. The highest BCUT2D eigenvalue weighted by atomic mass is 16.2. The number of carbonyl (C=O) groups is 1. The zero-order valence-corrected chi connectivity index (χ0v) is 16.3. The second-order valence-corrected chi connectivity index (χ2v) is 7.97. The molecule has 0 spiro atoms. The van der Waals surface area contributed by atoms with Gasteiger partial charge < -0.3 is 5.32 Å². The minimum absolute atomic E-state index is 0.0647. The van der Waals surface area contributed by atoms with Crippen LogP contribution in [0.2, 0.25) is 0 Å². The van der Waals surface area contributed by atoms with Gasteiger partial charge in [0.05, 0.1) is 0 Å². The Bertz CT molecular complexity index is 726. The molecule has 1 amide bonds. The number of para-hydroxylation sites is 1. The fourth-order valence-corrected chi connectivity index (χ4v) is 4.29. The lowest BCUT2D eigenvalue weighted by Gasteiger charge is -2.39. The van der Waals surface area contributed by atoms with Crippen molar-refractivity contribution >= 4 is 11.6 Å². The van der Waals surface area contributed by atoms with Crippen LogP contribution in [0.3, 0.4) is 0 Å². The summed E-state index contributed by atoms with van der Waals surface area (Å²) < 4.78 is 0. The smallest absolute Gasteiger partial charge is 0.246 e. The van der Waals surface area contributed by atoms with Crippen LogP contribution in [-0.2, 0) is 4.79 Å². The highest BCUT2D eigenvalue weighted by Gasteiger charge is 2.33. The first kappa shape index (κ1) is 18.7. The third kappa shape index (κ3) is 4.16. The van der Waals surface area contributed by atoms with Crippen molar-refractivity contribution in [3.05, 3.63) is 65.2 Å². The quantitative estimate of drug-likeness (QED) is 0.845. The third-order valence-electron chi connectivity index (χ3n) is 5.36. The summed E-state index contributed by atoms with van der Waals surface area (Å²) >= 11 is 0. The summed E-state index contributed by atoms with van der Waals surface area (Å²) in [7, 11) is 0. The lowest BCUT2D eigenvalue weighted by atomic mass is 9.89. The van der Waals surface area contributed by atoms with Crippen LogP contribution in [0.25, 0.3) is 0 Å². The van der Waals surface area contributed by atoms with Gasteiger partial charge in [0.1, 0.15) is 6.04 Å². The summed E-state index contributed by atoms with van der Waals surface area (Å²) in [5.74, 6) is 1.28. The van der Waals surface area contributed by atoms with Gasteiger partial charge in [0.25, 0.3) is 0 Å². The van der Waals surface area contributed by atoms with E-state index in [1.165, 1.54) is 6.42 Å². The fraction of sp³-hybridized carbons (Fsp3) is 0.435. The molecule has 1 N–H and O–H groups in total.